The lowest BCUT2D eigenvalue weighted by Gasteiger charge is -2.17. The van der Waals surface area contributed by atoms with Crippen LogP contribution in [0.15, 0.2) is 24.3 Å². The molecular weight excluding hydrogens is 326 g/mol. The van der Waals surface area contributed by atoms with Crippen LogP contribution < -0.4 is 10.6 Å². The molecule has 1 heterocycles. The molecule has 0 aliphatic carbocycles. The molecule has 0 saturated carbocycles. The second kappa shape index (κ2) is 7.25. The molecule has 0 bridgehead atoms. The van der Waals surface area contributed by atoms with Gasteiger partial charge in [-0.05, 0) is 45.4 Å². The predicted octanol–water partition coefficient (Wildman–Crippen LogP) is 2.39. The van der Waals surface area contributed by atoms with E-state index in [4.69, 9.17) is 0 Å². The maximum absolute atomic E-state index is 12.2. The van der Waals surface area contributed by atoms with Crippen molar-refractivity contribution in [2.75, 3.05) is 17.6 Å². The van der Waals surface area contributed by atoms with Crippen LogP contribution in [0.2, 0.25) is 0 Å². The van der Waals surface area contributed by atoms with Crippen molar-refractivity contribution in [1.29, 1.82) is 0 Å². The third-order valence-corrected chi connectivity index (χ3v) is 4.91. The Morgan fingerprint density at radius 1 is 1.38 bits per heavy atom. The Labute approximate surface area is 146 Å². The first-order valence-corrected chi connectivity index (χ1v) is 8.89. The predicted molar refractivity (Wildman–Crippen MR) is 96.1 cm³/mol. The number of urea groups is 1. The monoisotopic (exact) mass is 349 g/mol. The van der Waals surface area contributed by atoms with Gasteiger partial charge in [0.15, 0.2) is 0 Å². The summed E-state index contributed by atoms with van der Waals surface area (Å²) in [4.78, 5) is 37.3. The number of hydrogen-bond acceptors (Lipinski definition) is 4. The topological polar surface area (TPSA) is 78.5 Å². The van der Waals surface area contributed by atoms with E-state index in [1.807, 2.05) is 38.1 Å². The lowest BCUT2D eigenvalue weighted by Crippen LogP contribution is -2.40. The molecule has 6 nitrogen and oxygen atoms in total. The molecule has 1 unspecified atom stereocenters. The molecule has 1 fully saturated rings. The van der Waals surface area contributed by atoms with Crippen LogP contribution in [0, 0.1) is 6.92 Å². The highest BCUT2D eigenvalue weighted by atomic mass is 32.2. The van der Waals surface area contributed by atoms with Crippen molar-refractivity contribution in [1.82, 2.24) is 10.2 Å². The minimum atomic E-state index is -0.851. The lowest BCUT2D eigenvalue weighted by molar-refractivity contribution is -0.130. The van der Waals surface area contributed by atoms with Crippen molar-refractivity contribution in [3.8, 4) is 0 Å². The first-order chi connectivity index (χ1) is 11.2. The second-order valence-electron chi connectivity index (χ2n) is 6.38. The molecule has 24 heavy (non-hydrogen) atoms. The fraction of sp³-hybridized carbons (Fsp3) is 0.471. The number of nitrogens with one attached hydrogen (secondary N) is 2. The quantitative estimate of drug-likeness (QED) is 0.773. The lowest BCUT2D eigenvalue weighted by atomic mass is 10.1. The Morgan fingerprint density at radius 2 is 2.08 bits per heavy atom. The highest BCUT2D eigenvalue weighted by molar-refractivity contribution is 8.00. The maximum atomic E-state index is 12.2. The summed E-state index contributed by atoms with van der Waals surface area (Å²) in [7, 11) is 0. The van der Waals surface area contributed by atoms with Gasteiger partial charge in [0.25, 0.3) is 5.91 Å². The van der Waals surface area contributed by atoms with Gasteiger partial charge in [0.1, 0.15) is 5.54 Å². The number of aryl methyl sites for hydroxylation is 1. The van der Waals surface area contributed by atoms with Gasteiger partial charge in [0, 0.05) is 18.0 Å². The van der Waals surface area contributed by atoms with Gasteiger partial charge in [-0.1, -0.05) is 12.1 Å². The van der Waals surface area contributed by atoms with E-state index >= 15 is 0 Å². The number of imide groups is 1. The van der Waals surface area contributed by atoms with E-state index in [-0.39, 0.29) is 23.1 Å². The molecule has 0 radical (unpaired) electrons. The Bertz CT molecular complexity index is 660. The molecule has 130 valence electrons. The van der Waals surface area contributed by atoms with Gasteiger partial charge in [0.05, 0.1) is 5.25 Å². The van der Waals surface area contributed by atoms with Gasteiger partial charge in [-0.15, -0.1) is 11.8 Å². The number of nitrogens with zero attached hydrogens (tertiary/aromatic N) is 1. The summed E-state index contributed by atoms with van der Waals surface area (Å²) in [5.74, 6) is 0.186. The number of hydrogen-bond donors (Lipinski definition) is 2. The van der Waals surface area contributed by atoms with E-state index in [2.05, 4.69) is 10.6 Å². The molecule has 0 spiro atoms. The van der Waals surface area contributed by atoms with E-state index < -0.39 is 5.54 Å². The summed E-state index contributed by atoms with van der Waals surface area (Å²) in [6, 6.07) is 7.24. The van der Waals surface area contributed by atoms with Crippen molar-refractivity contribution < 1.29 is 14.4 Å². The molecule has 1 aromatic rings. The largest absolute Gasteiger partial charge is 0.325 e. The first kappa shape index (κ1) is 18.3. The zero-order chi connectivity index (χ0) is 17.9. The average Bonchev–Trinajstić information content (AvgIpc) is 2.68. The Morgan fingerprint density at radius 3 is 2.67 bits per heavy atom. The highest BCUT2D eigenvalue weighted by Gasteiger charge is 2.43. The third kappa shape index (κ3) is 4.29. The molecule has 1 atom stereocenters. The summed E-state index contributed by atoms with van der Waals surface area (Å²) < 4.78 is 0. The van der Waals surface area contributed by atoms with Crippen molar-refractivity contribution >= 4 is 35.3 Å². The van der Waals surface area contributed by atoms with Crippen LogP contribution >= 0.6 is 11.8 Å². The van der Waals surface area contributed by atoms with Crippen LogP contribution in [0.1, 0.15) is 26.3 Å². The van der Waals surface area contributed by atoms with Crippen LogP contribution in [-0.2, 0) is 9.59 Å². The smallest absolute Gasteiger partial charge is 0.325 e. The summed E-state index contributed by atoms with van der Waals surface area (Å²) in [5, 5.41) is 5.23. The van der Waals surface area contributed by atoms with Gasteiger partial charge in [-0.3, -0.25) is 14.5 Å². The molecule has 1 saturated heterocycles. The first-order valence-electron chi connectivity index (χ1n) is 7.84. The molecule has 4 amide bonds. The van der Waals surface area contributed by atoms with Crippen LogP contribution in [0.3, 0.4) is 0 Å². The number of carbonyl (C=O) groups excluding carboxylic acids is 3. The number of thioether (sulfide) groups is 1. The van der Waals surface area contributed by atoms with Crippen molar-refractivity contribution in [2.45, 2.75) is 38.5 Å². The van der Waals surface area contributed by atoms with E-state index in [1.165, 1.54) is 16.7 Å². The Hall–Kier alpha value is -2.02. The molecule has 1 aliphatic rings. The number of benzene rings is 1. The molecule has 7 heteroatoms. The Balaban J connectivity index is 1.81. The second-order valence-corrected chi connectivity index (χ2v) is 7.83. The molecule has 2 rings (SSSR count). The number of rotatable bonds is 6. The van der Waals surface area contributed by atoms with Crippen LogP contribution in [0.25, 0.3) is 0 Å². The highest BCUT2D eigenvalue weighted by Crippen LogP contribution is 2.19. The molecule has 1 aliphatic heterocycles. The Kier molecular flexibility index (Phi) is 5.54. The standard InChI is InChI=1S/C17H23N3O3S/c1-11-6-5-7-13(10-11)18-14(21)12(2)24-9-8-20-15(22)17(3,4)19-16(20)23/h5-7,10,12H,8-9H2,1-4H3,(H,18,21)(H,19,23). The summed E-state index contributed by atoms with van der Waals surface area (Å²) >= 11 is 1.41. The molecule has 2 N–H and O–H groups in total. The van der Waals surface area contributed by atoms with Crippen LogP contribution in [-0.4, -0.2) is 45.8 Å². The summed E-state index contributed by atoms with van der Waals surface area (Å²) in [5.41, 5.74) is 0.994. The SMILES string of the molecule is Cc1cccc(NC(=O)C(C)SCCN2C(=O)NC(C)(C)C2=O)c1. The fourth-order valence-electron chi connectivity index (χ4n) is 2.38. The van der Waals surface area contributed by atoms with Crippen LogP contribution in [0.5, 0.6) is 0 Å². The molecule has 1 aromatic carbocycles. The third-order valence-electron chi connectivity index (χ3n) is 3.78. The van der Waals surface area contributed by atoms with E-state index in [9.17, 15) is 14.4 Å². The summed E-state index contributed by atoms with van der Waals surface area (Å²) in [6.07, 6.45) is 0. The maximum Gasteiger partial charge on any atom is 0.325 e. The van der Waals surface area contributed by atoms with Gasteiger partial charge in [-0.2, -0.15) is 0 Å². The van der Waals surface area contributed by atoms with E-state index in [1.54, 1.807) is 13.8 Å². The van der Waals surface area contributed by atoms with Crippen molar-refractivity contribution in [2.24, 2.45) is 0 Å². The number of amides is 4. The zero-order valence-electron chi connectivity index (χ0n) is 14.4. The van der Waals surface area contributed by atoms with E-state index in [0.29, 0.717) is 12.3 Å². The number of anilines is 1. The van der Waals surface area contributed by atoms with Crippen molar-refractivity contribution in [3.63, 3.8) is 0 Å². The average molecular weight is 349 g/mol. The molecular formula is C17H23N3O3S. The van der Waals surface area contributed by atoms with E-state index in [0.717, 1.165) is 11.3 Å². The summed E-state index contributed by atoms with van der Waals surface area (Å²) in [6.45, 7) is 7.43. The van der Waals surface area contributed by atoms with Gasteiger partial charge in [-0.25, -0.2) is 4.79 Å². The van der Waals surface area contributed by atoms with Gasteiger partial charge >= 0.3 is 6.03 Å². The zero-order valence-corrected chi connectivity index (χ0v) is 15.2. The van der Waals surface area contributed by atoms with Crippen LogP contribution in [0.4, 0.5) is 10.5 Å². The number of carbonyl (C=O) groups is 3. The van der Waals surface area contributed by atoms with Gasteiger partial charge < -0.3 is 10.6 Å². The normalized spacial score (nSPS) is 17.6. The minimum Gasteiger partial charge on any atom is -0.325 e. The minimum absolute atomic E-state index is 0.0943. The van der Waals surface area contributed by atoms with Crippen molar-refractivity contribution in [3.05, 3.63) is 29.8 Å². The molecule has 0 aromatic heterocycles. The fourth-order valence-corrected chi connectivity index (χ4v) is 3.24. The van der Waals surface area contributed by atoms with Gasteiger partial charge in [0.2, 0.25) is 5.91 Å².